The van der Waals surface area contributed by atoms with Crippen LogP contribution in [0.15, 0.2) is 12.5 Å². The fraction of sp³-hybridized carbons (Fsp3) is 0.714. The van der Waals surface area contributed by atoms with Gasteiger partial charge in [0.15, 0.2) is 0 Å². The van der Waals surface area contributed by atoms with Gasteiger partial charge >= 0.3 is 0 Å². The van der Waals surface area contributed by atoms with Gasteiger partial charge in [0.25, 0.3) is 0 Å². The number of likely N-dealkylation sites (N-methyl/N-ethyl adjacent to an activating group) is 1. The maximum absolute atomic E-state index is 12.1. The van der Waals surface area contributed by atoms with Crippen LogP contribution < -0.4 is 10.6 Å². The molecule has 1 saturated heterocycles. The predicted molar refractivity (Wildman–Crippen MR) is 78.3 cm³/mol. The van der Waals surface area contributed by atoms with Crippen molar-refractivity contribution in [3.8, 4) is 0 Å². The van der Waals surface area contributed by atoms with Crippen molar-refractivity contribution in [2.75, 3.05) is 26.2 Å². The number of nitrogens with one attached hydrogen (secondary N) is 2. The number of hydrogen-bond donors (Lipinski definition) is 2. The van der Waals surface area contributed by atoms with Crippen molar-refractivity contribution < 1.29 is 4.79 Å². The van der Waals surface area contributed by atoms with Gasteiger partial charge in [-0.25, -0.2) is 4.98 Å². The lowest BCUT2D eigenvalue weighted by molar-refractivity contribution is -0.127. The van der Waals surface area contributed by atoms with E-state index in [2.05, 4.69) is 32.0 Å². The number of aromatic nitrogens is 2. The SMILES string of the molecule is CCCn1cncc1CN1CCNCC1C(=O)NCC. The van der Waals surface area contributed by atoms with Crippen molar-refractivity contribution in [1.29, 1.82) is 0 Å². The molecule has 1 atom stereocenters. The zero-order valence-corrected chi connectivity index (χ0v) is 12.4. The highest BCUT2D eigenvalue weighted by Gasteiger charge is 2.28. The van der Waals surface area contributed by atoms with E-state index in [9.17, 15) is 4.79 Å². The lowest BCUT2D eigenvalue weighted by atomic mass is 10.1. The summed E-state index contributed by atoms with van der Waals surface area (Å²) in [5, 5.41) is 6.22. The van der Waals surface area contributed by atoms with Crippen molar-refractivity contribution in [2.45, 2.75) is 39.4 Å². The van der Waals surface area contributed by atoms with Gasteiger partial charge in [-0.1, -0.05) is 6.92 Å². The van der Waals surface area contributed by atoms with Crippen LogP contribution in [-0.2, 0) is 17.9 Å². The number of piperazine rings is 1. The van der Waals surface area contributed by atoms with Crippen LogP contribution in [-0.4, -0.2) is 52.6 Å². The molecule has 1 aliphatic rings. The van der Waals surface area contributed by atoms with E-state index in [-0.39, 0.29) is 11.9 Å². The Bertz CT molecular complexity index is 431. The Morgan fingerprint density at radius 3 is 3.15 bits per heavy atom. The van der Waals surface area contributed by atoms with Crippen molar-refractivity contribution in [3.05, 3.63) is 18.2 Å². The van der Waals surface area contributed by atoms with Crippen molar-refractivity contribution in [3.63, 3.8) is 0 Å². The van der Waals surface area contributed by atoms with Gasteiger partial charge in [0.1, 0.15) is 6.04 Å². The van der Waals surface area contributed by atoms with E-state index in [0.717, 1.165) is 32.6 Å². The molecule has 1 amide bonds. The minimum Gasteiger partial charge on any atom is -0.355 e. The minimum atomic E-state index is -0.0892. The normalized spacial score (nSPS) is 20.0. The molecular formula is C14H25N5O. The fourth-order valence-electron chi connectivity index (χ4n) is 2.62. The zero-order valence-electron chi connectivity index (χ0n) is 12.4. The van der Waals surface area contributed by atoms with Crippen molar-refractivity contribution >= 4 is 5.91 Å². The second-order valence-corrected chi connectivity index (χ2v) is 5.16. The second-order valence-electron chi connectivity index (χ2n) is 5.16. The molecular weight excluding hydrogens is 254 g/mol. The number of rotatable bonds is 6. The standard InChI is InChI=1S/C14H25N5O/c1-3-6-19-11-16-8-12(19)10-18-7-5-15-9-13(18)14(20)17-4-2/h8,11,13,15H,3-7,9-10H2,1-2H3,(H,17,20). The summed E-state index contributed by atoms with van der Waals surface area (Å²) in [6, 6.07) is -0.0892. The zero-order chi connectivity index (χ0) is 14.4. The lowest BCUT2D eigenvalue weighted by Gasteiger charge is -2.35. The molecule has 1 unspecified atom stereocenters. The highest BCUT2D eigenvalue weighted by molar-refractivity contribution is 5.82. The van der Waals surface area contributed by atoms with Gasteiger partial charge in [-0.2, -0.15) is 0 Å². The Hall–Kier alpha value is -1.40. The number of hydrogen-bond acceptors (Lipinski definition) is 4. The molecule has 0 aliphatic carbocycles. The topological polar surface area (TPSA) is 62.2 Å². The number of amides is 1. The number of imidazole rings is 1. The minimum absolute atomic E-state index is 0.0892. The van der Waals surface area contributed by atoms with Crippen LogP contribution in [0.1, 0.15) is 26.0 Å². The molecule has 1 aliphatic heterocycles. The summed E-state index contributed by atoms with van der Waals surface area (Å²) in [6.07, 6.45) is 4.87. The van der Waals surface area contributed by atoms with Gasteiger partial charge in [-0.15, -0.1) is 0 Å². The third-order valence-corrected chi connectivity index (χ3v) is 3.64. The average Bonchev–Trinajstić information content (AvgIpc) is 2.87. The van der Waals surface area contributed by atoms with Crippen LogP contribution in [0.4, 0.5) is 0 Å². The summed E-state index contributed by atoms with van der Waals surface area (Å²) < 4.78 is 2.18. The Morgan fingerprint density at radius 2 is 2.40 bits per heavy atom. The van der Waals surface area contributed by atoms with Gasteiger partial charge < -0.3 is 15.2 Å². The van der Waals surface area contributed by atoms with E-state index in [1.54, 1.807) is 0 Å². The molecule has 2 rings (SSSR count). The Morgan fingerprint density at radius 1 is 1.55 bits per heavy atom. The van der Waals surface area contributed by atoms with Gasteiger partial charge in [0.2, 0.25) is 5.91 Å². The first kappa shape index (κ1) is 15.0. The highest BCUT2D eigenvalue weighted by atomic mass is 16.2. The van der Waals surface area contributed by atoms with Gasteiger partial charge in [0.05, 0.1) is 12.0 Å². The Balaban J connectivity index is 2.04. The van der Waals surface area contributed by atoms with E-state index in [1.807, 2.05) is 19.4 Å². The molecule has 0 spiro atoms. The van der Waals surface area contributed by atoms with Crippen LogP contribution in [0.25, 0.3) is 0 Å². The van der Waals surface area contributed by atoms with E-state index in [4.69, 9.17) is 0 Å². The lowest BCUT2D eigenvalue weighted by Crippen LogP contribution is -2.57. The maximum Gasteiger partial charge on any atom is 0.238 e. The Labute approximate surface area is 120 Å². The van der Waals surface area contributed by atoms with Crippen LogP contribution in [0.5, 0.6) is 0 Å². The first-order chi connectivity index (χ1) is 9.76. The molecule has 2 N–H and O–H groups in total. The van der Waals surface area contributed by atoms with Crippen LogP contribution in [0.2, 0.25) is 0 Å². The van der Waals surface area contributed by atoms with E-state index >= 15 is 0 Å². The number of nitrogens with zero attached hydrogens (tertiary/aromatic N) is 3. The van der Waals surface area contributed by atoms with E-state index < -0.39 is 0 Å². The molecule has 6 nitrogen and oxygen atoms in total. The smallest absolute Gasteiger partial charge is 0.238 e. The summed E-state index contributed by atoms with van der Waals surface area (Å²) in [5.41, 5.74) is 1.18. The molecule has 0 aromatic carbocycles. The fourth-order valence-corrected chi connectivity index (χ4v) is 2.62. The average molecular weight is 279 g/mol. The van der Waals surface area contributed by atoms with Crippen LogP contribution in [0.3, 0.4) is 0 Å². The van der Waals surface area contributed by atoms with E-state index in [1.165, 1.54) is 5.69 Å². The molecule has 1 aromatic rings. The molecule has 6 heteroatoms. The summed E-state index contributed by atoms with van der Waals surface area (Å²) in [4.78, 5) is 18.6. The maximum atomic E-state index is 12.1. The molecule has 1 aromatic heterocycles. The predicted octanol–water partition coefficient (Wildman–Crippen LogP) is 0.203. The van der Waals surface area contributed by atoms with E-state index in [0.29, 0.717) is 13.1 Å². The monoisotopic (exact) mass is 279 g/mol. The Kier molecular flexibility index (Phi) is 5.55. The second kappa shape index (κ2) is 7.40. The quantitative estimate of drug-likeness (QED) is 0.781. The summed E-state index contributed by atoms with van der Waals surface area (Å²) in [6.45, 7) is 9.08. The number of aryl methyl sites for hydroxylation is 1. The summed E-state index contributed by atoms with van der Waals surface area (Å²) >= 11 is 0. The third kappa shape index (κ3) is 3.58. The molecule has 0 bridgehead atoms. The summed E-state index contributed by atoms with van der Waals surface area (Å²) in [5.74, 6) is 0.112. The largest absolute Gasteiger partial charge is 0.355 e. The molecule has 0 radical (unpaired) electrons. The third-order valence-electron chi connectivity index (χ3n) is 3.64. The highest BCUT2D eigenvalue weighted by Crippen LogP contribution is 2.11. The molecule has 1 fully saturated rings. The van der Waals surface area contributed by atoms with Crippen LogP contribution in [0, 0.1) is 0 Å². The van der Waals surface area contributed by atoms with Crippen LogP contribution >= 0.6 is 0 Å². The van der Waals surface area contributed by atoms with Crippen molar-refractivity contribution in [2.24, 2.45) is 0 Å². The van der Waals surface area contributed by atoms with Gasteiger partial charge in [-0.05, 0) is 13.3 Å². The number of carbonyl (C=O) groups is 1. The molecule has 0 saturated carbocycles. The van der Waals surface area contributed by atoms with Crippen molar-refractivity contribution in [1.82, 2.24) is 25.1 Å². The molecule has 2 heterocycles. The first-order valence-electron chi connectivity index (χ1n) is 7.47. The van der Waals surface area contributed by atoms with Gasteiger partial charge in [0, 0.05) is 45.5 Å². The molecule has 20 heavy (non-hydrogen) atoms. The first-order valence-corrected chi connectivity index (χ1v) is 7.47. The molecule has 112 valence electrons. The van der Waals surface area contributed by atoms with Gasteiger partial charge in [-0.3, -0.25) is 9.69 Å². The summed E-state index contributed by atoms with van der Waals surface area (Å²) in [7, 11) is 0. The number of carbonyl (C=O) groups excluding carboxylic acids is 1.